The number of unbranched alkanes of at least 4 members (excludes halogenated alkanes) is 5. The molecule has 0 spiro atoms. The van der Waals surface area contributed by atoms with E-state index in [1.54, 1.807) is 7.11 Å². The first-order valence-corrected chi connectivity index (χ1v) is 11.2. The fourth-order valence-electron chi connectivity index (χ4n) is 3.37. The molecule has 0 unspecified atom stereocenters. The number of hydrogen-bond donors (Lipinski definition) is 0. The molecule has 1 heterocycles. The number of methoxy groups -OCH3 is 1. The molecule has 0 radical (unpaired) electrons. The van der Waals surface area contributed by atoms with Crippen molar-refractivity contribution in [3.8, 4) is 17.2 Å². The Hall–Kier alpha value is -2.17. The van der Waals surface area contributed by atoms with Crippen LogP contribution in [0.4, 0.5) is 0 Å². The normalized spacial score (nSPS) is 11.0. The average molecular weight is 404 g/mol. The Balaban J connectivity index is 2.41. The van der Waals surface area contributed by atoms with E-state index in [0.29, 0.717) is 31.3 Å². The molecule has 0 bridgehead atoms. The Labute approximate surface area is 175 Å². The first kappa shape index (κ1) is 23.1. The molecule has 0 aliphatic rings. The summed E-state index contributed by atoms with van der Waals surface area (Å²) in [4.78, 5) is 13.2. The average Bonchev–Trinajstić information content (AvgIpc) is 2.73. The summed E-state index contributed by atoms with van der Waals surface area (Å²) < 4.78 is 19.3. The standard InChI is InChI=1S/C24H37NO4/c1-5-8-11-12-17-28-19-13-14-20-21(18-19)25(15-9-6-2)24(26)23(22(20)27-4)29-16-10-7-3/h13-14,18H,5-12,15-17H2,1-4H3. The van der Waals surface area contributed by atoms with Crippen LogP contribution in [0.5, 0.6) is 17.2 Å². The molecule has 0 saturated carbocycles. The third kappa shape index (κ3) is 6.15. The predicted molar refractivity (Wildman–Crippen MR) is 120 cm³/mol. The van der Waals surface area contributed by atoms with Crippen LogP contribution in [0.3, 0.4) is 0 Å². The third-order valence-corrected chi connectivity index (χ3v) is 5.10. The van der Waals surface area contributed by atoms with E-state index in [0.717, 1.165) is 48.8 Å². The van der Waals surface area contributed by atoms with Crippen molar-refractivity contribution in [2.75, 3.05) is 20.3 Å². The molecule has 1 aromatic heterocycles. The minimum Gasteiger partial charge on any atom is -0.494 e. The number of hydrogen-bond acceptors (Lipinski definition) is 4. The largest absolute Gasteiger partial charge is 0.494 e. The lowest BCUT2D eigenvalue weighted by molar-refractivity contribution is 0.283. The lowest BCUT2D eigenvalue weighted by atomic mass is 10.1. The third-order valence-electron chi connectivity index (χ3n) is 5.10. The van der Waals surface area contributed by atoms with Gasteiger partial charge in [-0.2, -0.15) is 0 Å². The van der Waals surface area contributed by atoms with Gasteiger partial charge >= 0.3 is 0 Å². The number of pyridine rings is 1. The van der Waals surface area contributed by atoms with E-state index in [9.17, 15) is 4.79 Å². The monoisotopic (exact) mass is 403 g/mol. The summed E-state index contributed by atoms with van der Waals surface area (Å²) in [7, 11) is 1.59. The molecule has 0 atom stereocenters. The number of ether oxygens (including phenoxy) is 3. The SMILES string of the molecule is CCCCCCOc1ccc2c(OC)c(OCCCC)c(=O)n(CCCC)c2c1. The van der Waals surface area contributed by atoms with Crippen LogP contribution in [0.15, 0.2) is 23.0 Å². The van der Waals surface area contributed by atoms with Gasteiger partial charge in [-0.05, 0) is 31.4 Å². The van der Waals surface area contributed by atoms with Crippen molar-refractivity contribution in [2.45, 2.75) is 78.7 Å². The van der Waals surface area contributed by atoms with Gasteiger partial charge in [0, 0.05) is 18.0 Å². The van der Waals surface area contributed by atoms with E-state index in [1.165, 1.54) is 19.3 Å². The summed E-state index contributed by atoms with van der Waals surface area (Å²) in [5, 5.41) is 0.882. The second kappa shape index (κ2) is 12.4. The number of nitrogens with zero attached hydrogens (tertiary/aromatic N) is 1. The van der Waals surface area contributed by atoms with Crippen LogP contribution in [0.2, 0.25) is 0 Å². The first-order chi connectivity index (χ1) is 14.2. The molecular weight excluding hydrogens is 366 g/mol. The van der Waals surface area contributed by atoms with Crippen LogP contribution in [-0.4, -0.2) is 24.9 Å². The van der Waals surface area contributed by atoms with Gasteiger partial charge in [-0.25, -0.2) is 0 Å². The van der Waals surface area contributed by atoms with E-state index >= 15 is 0 Å². The molecule has 0 N–H and O–H groups in total. The summed E-state index contributed by atoms with van der Waals surface area (Å²) in [6, 6.07) is 5.89. The van der Waals surface area contributed by atoms with E-state index in [4.69, 9.17) is 14.2 Å². The van der Waals surface area contributed by atoms with Crippen LogP contribution in [0, 0.1) is 0 Å². The predicted octanol–water partition coefficient (Wildman–Crippen LogP) is 5.95. The van der Waals surface area contributed by atoms with E-state index < -0.39 is 0 Å². The van der Waals surface area contributed by atoms with Gasteiger partial charge < -0.3 is 18.8 Å². The molecule has 0 aliphatic heterocycles. The zero-order valence-corrected chi connectivity index (χ0v) is 18.6. The maximum Gasteiger partial charge on any atom is 0.297 e. The van der Waals surface area contributed by atoms with E-state index in [1.807, 2.05) is 22.8 Å². The zero-order chi connectivity index (χ0) is 21.1. The summed E-state index contributed by atoms with van der Waals surface area (Å²) in [5.41, 5.74) is 0.716. The fraction of sp³-hybridized carbons (Fsp3) is 0.625. The lowest BCUT2D eigenvalue weighted by Gasteiger charge is -2.18. The molecule has 1 aromatic carbocycles. The fourth-order valence-corrected chi connectivity index (χ4v) is 3.37. The first-order valence-electron chi connectivity index (χ1n) is 11.2. The van der Waals surface area contributed by atoms with Crippen LogP contribution in [0.1, 0.15) is 72.1 Å². The van der Waals surface area contributed by atoms with Gasteiger partial charge in [-0.15, -0.1) is 0 Å². The van der Waals surface area contributed by atoms with Gasteiger partial charge in [-0.3, -0.25) is 4.79 Å². The minimum absolute atomic E-state index is 0.126. The number of aryl methyl sites for hydroxylation is 1. The number of rotatable bonds is 14. The van der Waals surface area contributed by atoms with Crippen molar-refractivity contribution in [3.05, 3.63) is 28.6 Å². The van der Waals surface area contributed by atoms with Crippen molar-refractivity contribution in [1.29, 1.82) is 0 Å². The topological polar surface area (TPSA) is 49.7 Å². The molecular formula is C24H37NO4. The smallest absolute Gasteiger partial charge is 0.297 e. The number of benzene rings is 1. The zero-order valence-electron chi connectivity index (χ0n) is 18.6. The van der Waals surface area contributed by atoms with Gasteiger partial charge in [0.05, 0.1) is 25.8 Å². The highest BCUT2D eigenvalue weighted by atomic mass is 16.5. The number of fused-ring (bicyclic) bond motifs is 1. The minimum atomic E-state index is -0.126. The van der Waals surface area contributed by atoms with Gasteiger partial charge in [0.25, 0.3) is 5.56 Å². The molecule has 0 fully saturated rings. The van der Waals surface area contributed by atoms with Crippen molar-refractivity contribution in [3.63, 3.8) is 0 Å². The second-order valence-corrected chi connectivity index (χ2v) is 7.46. The van der Waals surface area contributed by atoms with Gasteiger partial charge in [0.1, 0.15) is 5.75 Å². The summed E-state index contributed by atoms with van der Waals surface area (Å²) in [5.74, 6) is 1.63. The van der Waals surface area contributed by atoms with Crippen LogP contribution in [0.25, 0.3) is 10.9 Å². The quantitative estimate of drug-likeness (QED) is 0.366. The lowest BCUT2D eigenvalue weighted by Crippen LogP contribution is -2.24. The van der Waals surface area contributed by atoms with Crippen LogP contribution < -0.4 is 19.8 Å². The molecule has 5 heteroatoms. The molecule has 0 saturated heterocycles. The van der Waals surface area contributed by atoms with Crippen molar-refractivity contribution >= 4 is 10.9 Å². The van der Waals surface area contributed by atoms with Crippen molar-refractivity contribution in [1.82, 2.24) is 4.57 Å². The van der Waals surface area contributed by atoms with Gasteiger partial charge in [0.15, 0.2) is 5.75 Å². The molecule has 162 valence electrons. The Morgan fingerprint density at radius 3 is 2.24 bits per heavy atom. The highest BCUT2D eigenvalue weighted by molar-refractivity contribution is 5.89. The molecule has 5 nitrogen and oxygen atoms in total. The molecule has 2 rings (SSSR count). The number of aromatic nitrogens is 1. The Kier molecular flexibility index (Phi) is 9.89. The maximum atomic E-state index is 13.2. The Bertz CT molecular complexity index is 813. The molecule has 2 aromatic rings. The molecule has 29 heavy (non-hydrogen) atoms. The summed E-state index contributed by atoms with van der Waals surface area (Å²) in [6.07, 6.45) is 8.52. The van der Waals surface area contributed by atoms with Gasteiger partial charge in [-0.1, -0.05) is 52.9 Å². The van der Waals surface area contributed by atoms with Crippen molar-refractivity contribution in [2.24, 2.45) is 0 Å². The Morgan fingerprint density at radius 1 is 0.828 bits per heavy atom. The summed E-state index contributed by atoms with van der Waals surface area (Å²) >= 11 is 0. The Morgan fingerprint density at radius 2 is 1.55 bits per heavy atom. The van der Waals surface area contributed by atoms with Crippen LogP contribution >= 0.6 is 0 Å². The molecule has 0 amide bonds. The molecule has 0 aliphatic carbocycles. The second-order valence-electron chi connectivity index (χ2n) is 7.46. The highest BCUT2D eigenvalue weighted by Crippen LogP contribution is 2.34. The maximum absolute atomic E-state index is 13.2. The van der Waals surface area contributed by atoms with E-state index in [2.05, 4.69) is 20.8 Å². The van der Waals surface area contributed by atoms with Crippen LogP contribution in [-0.2, 0) is 6.54 Å². The highest BCUT2D eigenvalue weighted by Gasteiger charge is 2.19. The van der Waals surface area contributed by atoms with Crippen molar-refractivity contribution < 1.29 is 14.2 Å². The summed E-state index contributed by atoms with van der Waals surface area (Å²) in [6.45, 7) is 8.29. The van der Waals surface area contributed by atoms with E-state index in [-0.39, 0.29) is 5.56 Å². The van der Waals surface area contributed by atoms with Gasteiger partial charge in [0.2, 0.25) is 5.75 Å².